The molecule has 3 rings (SSSR count). The van der Waals surface area contributed by atoms with Crippen LogP contribution in [0.3, 0.4) is 0 Å². The highest BCUT2D eigenvalue weighted by molar-refractivity contribution is 6.19. The lowest BCUT2D eigenvalue weighted by Crippen LogP contribution is -2.42. The number of hydrogen-bond acceptors (Lipinski definition) is 4. The Labute approximate surface area is 168 Å². The summed E-state index contributed by atoms with van der Waals surface area (Å²) in [6, 6.07) is 14.6. The predicted octanol–water partition coefficient (Wildman–Crippen LogP) is 4.02. The van der Waals surface area contributed by atoms with E-state index in [0.717, 1.165) is 10.5 Å². The van der Waals surface area contributed by atoms with Crippen molar-refractivity contribution in [2.75, 3.05) is 6.61 Å². The Bertz CT molecular complexity index is 1050. The van der Waals surface area contributed by atoms with Crippen molar-refractivity contribution in [3.05, 3.63) is 82.2 Å². The minimum atomic E-state index is -0.650. The average molecular weight is 390 g/mol. The van der Waals surface area contributed by atoms with Gasteiger partial charge in [0, 0.05) is 5.57 Å². The van der Waals surface area contributed by atoms with Crippen molar-refractivity contribution in [3.63, 3.8) is 0 Å². The molecular formula is C23H19FN2O3. The standard InChI is InChI=1S/C23H19FN2O3/c1-3-29-19-10-6-16(7-11-19)12-20-15(2)21(13-25)23(28)26(22(20)27)14-17-4-8-18(24)9-5-17/h4-12H,3,14H2,1-2H3/b20-12+. The Kier molecular flexibility index (Phi) is 5.89. The molecule has 2 amide bonds. The molecule has 0 bridgehead atoms. The largest absolute Gasteiger partial charge is 0.494 e. The van der Waals surface area contributed by atoms with Crippen molar-refractivity contribution in [3.8, 4) is 11.8 Å². The zero-order chi connectivity index (χ0) is 21.0. The predicted molar refractivity (Wildman–Crippen MR) is 106 cm³/mol. The van der Waals surface area contributed by atoms with Gasteiger partial charge in [0.2, 0.25) is 0 Å². The van der Waals surface area contributed by atoms with E-state index in [1.165, 1.54) is 24.3 Å². The third-order valence-electron chi connectivity index (χ3n) is 4.58. The fourth-order valence-electron chi connectivity index (χ4n) is 3.04. The highest BCUT2D eigenvalue weighted by Gasteiger charge is 2.35. The molecule has 1 aliphatic rings. The number of halogens is 1. The number of nitrogens with zero attached hydrogens (tertiary/aromatic N) is 2. The van der Waals surface area contributed by atoms with E-state index in [1.807, 2.05) is 13.0 Å². The average Bonchev–Trinajstić information content (AvgIpc) is 2.72. The number of ether oxygens (including phenoxy) is 1. The van der Waals surface area contributed by atoms with Crippen molar-refractivity contribution in [1.82, 2.24) is 4.90 Å². The Balaban J connectivity index is 1.98. The highest BCUT2D eigenvalue weighted by atomic mass is 19.1. The quantitative estimate of drug-likeness (QED) is 0.571. The maximum Gasteiger partial charge on any atom is 0.271 e. The first-order chi connectivity index (χ1) is 13.9. The fourth-order valence-corrected chi connectivity index (χ4v) is 3.04. The minimum Gasteiger partial charge on any atom is -0.494 e. The summed E-state index contributed by atoms with van der Waals surface area (Å²) in [5.74, 6) is -0.842. The summed E-state index contributed by atoms with van der Waals surface area (Å²) < 4.78 is 18.6. The first-order valence-corrected chi connectivity index (χ1v) is 9.11. The van der Waals surface area contributed by atoms with Crippen molar-refractivity contribution < 1.29 is 18.7 Å². The van der Waals surface area contributed by atoms with Gasteiger partial charge in [0.25, 0.3) is 11.8 Å². The molecule has 0 saturated heterocycles. The van der Waals surface area contributed by atoms with Crippen molar-refractivity contribution in [2.45, 2.75) is 20.4 Å². The summed E-state index contributed by atoms with van der Waals surface area (Å²) >= 11 is 0. The molecular weight excluding hydrogens is 371 g/mol. The van der Waals surface area contributed by atoms with Gasteiger partial charge < -0.3 is 4.74 Å². The second-order valence-electron chi connectivity index (χ2n) is 6.49. The van der Waals surface area contributed by atoms with Crippen LogP contribution in [0.1, 0.15) is 25.0 Å². The molecule has 0 aromatic heterocycles. The topological polar surface area (TPSA) is 70.4 Å². The third kappa shape index (κ3) is 4.25. The number of nitriles is 1. The highest BCUT2D eigenvalue weighted by Crippen LogP contribution is 2.28. The second kappa shape index (κ2) is 8.53. The Hall–Kier alpha value is -3.72. The number of imide groups is 1. The van der Waals surface area contributed by atoms with E-state index in [9.17, 15) is 19.2 Å². The molecule has 146 valence electrons. The first kappa shape index (κ1) is 20.0. The molecule has 0 aliphatic carbocycles. The van der Waals surface area contributed by atoms with Gasteiger partial charge in [0.1, 0.15) is 23.2 Å². The number of carbonyl (C=O) groups excluding carboxylic acids is 2. The van der Waals surface area contributed by atoms with Gasteiger partial charge in [-0.15, -0.1) is 0 Å². The van der Waals surface area contributed by atoms with Crippen LogP contribution in [0, 0.1) is 17.1 Å². The van der Waals surface area contributed by atoms with Crippen LogP contribution in [0.2, 0.25) is 0 Å². The van der Waals surface area contributed by atoms with Crippen LogP contribution in [0.4, 0.5) is 4.39 Å². The lowest BCUT2D eigenvalue weighted by Gasteiger charge is -2.27. The molecule has 1 aliphatic heterocycles. The van der Waals surface area contributed by atoms with Crippen LogP contribution >= 0.6 is 0 Å². The van der Waals surface area contributed by atoms with E-state index < -0.39 is 17.6 Å². The molecule has 29 heavy (non-hydrogen) atoms. The van der Waals surface area contributed by atoms with Gasteiger partial charge in [0.05, 0.1) is 13.2 Å². The van der Waals surface area contributed by atoms with Crippen LogP contribution in [-0.4, -0.2) is 23.3 Å². The van der Waals surface area contributed by atoms with Gasteiger partial charge in [-0.3, -0.25) is 14.5 Å². The molecule has 2 aromatic carbocycles. The monoisotopic (exact) mass is 390 g/mol. The zero-order valence-corrected chi connectivity index (χ0v) is 16.1. The summed E-state index contributed by atoms with van der Waals surface area (Å²) in [6.07, 6.45) is 1.65. The summed E-state index contributed by atoms with van der Waals surface area (Å²) in [5.41, 5.74) is 1.86. The minimum absolute atomic E-state index is 0.0446. The number of benzene rings is 2. The fraction of sp³-hybridized carbons (Fsp3) is 0.174. The van der Waals surface area contributed by atoms with Crippen LogP contribution in [-0.2, 0) is 16.1 Å². The summed E-state index contributed by atoms with van der Waals surface area (Å²) in [6.45, 7) is 3.98. The molecule has 2 aromatic rings. The lowest BCUT2D eigenvalue weighted by molar-refractivity contribution is -0.141. The third-order valence-corrected chi connectivity index (χ3v) is 4.58. The van der Waals surface area contributed by atoms with Crippen LogP contribution in [0.25, 0.3) is 6.08 Å². The number of hydrogen-bond donors (Lipinski definition) is 0. The molecule has 0 radical (unpaired) electrons. The van der Waals surface area contributed by atoms with Crippen LogP contribution in [0.15, 0.2) is 65.3 Å². The van der Waals surface area contributed by atoms with Gasteiger partial charge in [-0.05, 0) is 60.9 Å². The molecule has 6 heteroatoms. The van der Waals surface area contributed by atoms with Gasteiger partial charge >= 0.3 is 0 Å². The van der Waals surface area contributed by atoms with Crippen molar-refractivity contribution >= 4 is 17.9 Å². The molecule has 0 atom stereocenters. The van der Waals surface area contributed by atoms with Gasteiger partial charge in [-0.25, -0.2) is 4.39 Å². The maximum absolute atomic E-state index is 13.2. The van der Waals surface area contributed by atoms with Gasteiger partial charge in [0.15, 0.2) is 0 Å². The molecule has 0 unspecified atom stereocenters. The van der Waals surface area contributed by atoms with E-state index in [4.69, 9.17) is 4.74 Å². The first-order valence-electron chi connectivity index (χ1n) is 9.11. The van der Waals surface area contributed by atoms with Crippen molar-refractivity contribution in [2.24, 2.45) is 0 Å². The van der Waals surface area contributed by atoms with E-state index in [-0.39, 0.29) is 17.7 Å². The Morgan fingerprint density at radius 1 is 1.07 bits per heavy atom. The number of carbonyl (C=O) groups is 2. The molecule has 0 spiro atoms. The smallest absolute Gasteiger partial charge is 0.271 e. The summed E-state index contributed by atoms with van der Waals surface area (Å²) in [5, 5.41) is 9.46. The van der Waals surface area contributed by atoms with Gasteiger partial charge in [-0.2, -0.15) is 5.26 Å². The summed E-state index contributed by atoms with van der Waals surface area (Å²) in [4.78, 5) is 26.7. The normalized spacial score (nSPS) is 15.7. The van der Waals surface area contributed by atoms with Crippen LogP contribution < -0.4 is 4.74 Å². The molecule has 5 nitrogen and oxygen atoms in total. The maximum atomic E-state index is 13.2. The SMILES string of the molecule is CCOc1ccc(/C=C2/C(=O)N(Cc3ccc(F)cc3)C(=O)C(C#N)=C2C)cc1. The molecule has 0 N–H and O–H groups in total. The molecule has 1 heterocycles. The van der Waals surface area contributed by atoms with Crippen molar-refractivity contribution in [1.29, 1.82) is 5.26 Å². The van der Waals surface area contributed by atoms with E-state index >= 15 is 0 Å². The number of amides is 2. The molecule has 0 saturated carbocycles. The Morgan fingerprint density at radius 2 is 1.72 bits per heavy atom. The van der Waals surface area contributed by atoms with E-state index in [2.05, 4.69) is 0 Å². The summed E-state index contributed by atoms with van der Waals surface area (Å²) in [7, 11) is 0. The van der Waals surface area contributed by atoms with Crippen LogP contribution in [0.5, 0.6) is 5.75 Å². The second-order valence-corrected chi connectivity index (χ2v) is 6.49. The van der Waals surface area contributed by atoms with Gasteiger partial charge in [-0.1, -0.05) is 24.3 Å². The molecule has 0 fully saturated rings. The van der Waals surface area contributed by atoms with E-state index in [0.29, 0.717) is 23.5 Å². The zero-order valence-electron chi connectivity index (χ0n) is 16.1. The van der Waals surface area contributed by atoms with E-state index in [1.54, 1.807) is 37.3 Å². The number of rotatable bonds is 5. The lowest BCUT2D eigenvalue weighted by atomic mass is 9.93. The Morgan fingerprint density at radius 3 is 2.31 bits per heavy atom.